The number of amidine groups is 1. The van der Waals surface area contributed by atoms with Crippen LogP contribution in [0, 0.1) is 22.0 Å². The number of amides is 1. The minimum absolute atomic E-state index is 0.0680. The molecule has 2 saturated carbocycles. The summed E-state index contributed by atoms with van der Waals surface area (Å²) >= 11 is 0. The molecule has 3 aliphatic rings. The average Bonchev–Trinajstić information content (AvgIpc) is 3.45. The van der Waals surface area contributed by atoms with Gasteiger partial charge in [0.25, 0.3) is 11.1 Å². The van der Waals surface area contributed by atoms with Gasteiger partial charge in [-0.25, -0.2) is 14.7 Å². The summed E-state index contributed by atoms with van der Waals surface area (Å²) in [4.78, 5) is 32.6. The van der Waals surface area contributed by atoms with Gasteiger partial charge >= 0.3 is 6.09 Å². The van der Waals surface area contributed by atoms with Crippen LogP contribution in [-0.2, 0) is 14.3 Å². The van der Waals surface area contributed by atoms with Crippen LogP contribution in [0.15, 0.2) is 4.99 Å². The molecule has 0 saturated heterocycles. The summed E-state index contributed by atoms with van der Waals surface area (Å²) in [5.41, 5.74) is 0. The van der Waals surface area contributed by atoms with Crippen molar-refractivity contribution in [2.45, 2.75) is 38.1 Å². The SMILES string of the molecule is O=C(OCCCO[N+](=O)[O-])N(C1=NCCO1)C(C1CC1)C1CC1. The second kappa shape index (κ2) is 7.01. The first-order valence-electron chi connectivity index (χ1n) is 8.07. The van der Waals surface area contributed by atoms with Crippen molar-refractivity contribution in [2.24, 2.45) is 16.8 Å². The van der Waals surface area contributed by atoms with E-state index in [1.807, 2.05) is 0 Å². The first-order chi connectivity index (χ1) is 11.2. The van der Waals surface area contributed by atoms with E-state index in [2.05, 4.69) is 9.83 Å². The number of rotatable bonds is 8. The zero-order valence-corrected chi connectivity index (χ0v) is 12.9. The van der Waals surface area contributed by atoms with Gasteiger partial charge in [-0.2, -0.15) is 0 Å². The van der Waals surface area contributed by atoms with Crippen LogP contribution >= 0.6 is 0 Å². The van der Waals surface area contributed by atoms with E-state index in [9.17, 15) is 14.9 Å². The molecule has 0 N–H and O–H groups in total. The van der Waals surface area contributed by atoms with Gasteiger partial charge in [-0.05, 0) is 37.5 Å². The number of carbonyl (C=O) groups is 1. The van der Waals surface area contributed by atoms with Crippen molar-refractivity contribution in [3.05, 3.63) is 10.1 Å². The van der Waals surface area contributed by atoms with Crippen LogP contribution in [0.5, 0.6) is 0 Å². The number of ether oxygens (including phenoxy) is 2. The maximum atomic E-state index is 12.5. The highest BCUT2D eigenvalue weighted by Gasteiger charge is 2.49. The van der Waals surface area contributed by atoms with Crippen molar-refractivity contribution in [3.8, 4) is 0 Å². The lowest BCUT2D eigenvalue weighted by Crippen LogP contribution is -2.47. The molecule has 0 unspecified atom stereocenters. The van der Waals surface area contributed by atoms with Crippen LogP contribution in [0.1, 0.15) is 32.1 Å². The molecule has 3 rings (SSSR count). The first kappa shape index (κ1) is 15.8. The summed E-state index contributed by atoms with van der Waals surface area (Å²) in [5.74, 6) is 1.000. The van der Waals surface area contributed by atoms with E-state index in [-0.39, 0.29) is 25.7 Å². The molecule has 9 heteroatoms. The van der Waals surface area contributed by atoms with Crippen LogP contribution in [-0.4, -0.2) is 54.5 Å². The third-order valence-corrected chi connectivity index (χ3v) is 4.19. The van der Waals surface area contributed by atoms with Gasteiger partial charge in [-0.15, -0.1) is 10.1 Å². The predicted octanol–water partition coefficient (Wildman–Crippen LogP) is 1.60. The van der Waals surface area contributed by atoms with E-state index >= 15 is 0 Å². The Balaban J connectivity index is 1.56. The monoisotopic (exact) mass is 327 g/mol. The minimum Gasteiger partial charge on any atom is -0.463 e. The molecule has 23 heavy (non-hydrogen) atoms. The van der Waals surface area contributed by atoms with Crippen LogP contribution in [0.3, 0.4) is 0 Å². The van der Waals surface area contributed by atoms with E-state index in [4.69, 9.17) is 9.47 Å². The van der Waals surface area contributed by atoms with Crippen molar-refractivity contribution in [1.82, 2.24) is 4.90 Å². The quantitative estimate of drug-likeness (QED) is 0.381. The zero-order chi connectivity index (χ0) is 16.2. The number of hydrogen-bond donors (Lipinski definition) is 0. The van der Waals surface area contributed by atoms with Crippen LogP contribution in [0.25, 0.3) is 0 Å². The molecule has 0 aromatic carbocycles. The Bertz CT molecular complexity index is 477. The van der Waals surface area contributed by atoms with E-state index in [0.717, 1.165) is 25.7 Å². The summed E-state index contributed by atoms with van der Waals surface area (Å²) in [7, 11) is 0. The smallest absolute Gasteiger partial charge is 0.418 e. The lowest BCUT2D eigenvalue weighted by molar-refractivity contribution is -0.757. The molecule has 0 aromatic heterocycles. The molecule has 0 radical (unpaired) electrons. The van der Waals surface area contributed by atoms with Crippen molar-refractivity contribution < 1.29 is 24.2 Å². The molecule has 1 aliphatic heterocycles. The van der Waals surface area contributed by atoms with E-state index in [1.165, 1.54) is 0 Å². The van der Waals surface area contributed by atoms with Gasteiger partial charge in [0.15, 0.2) is 0 Å². The molecule has 0 atom stereocenters. The maximum Gasteiger partial charge on any atom is 0.418 e. The highest BCUT2D eigenvalue weighted by Crippen LogP contribution is 2.47. The molecule has 2 fully saturated rings. The molecule has 0 aromatic rings. The fraction of sp³-hybridized carbons (Fsp3) is 0.857. The van der Waals surface area contributed by atoms with Crippen molar-refractivity contribution in [3.63, 3.8) is 0 Å². The molecular formula is C14H21N3O6. The third-order valence-electron chi connectivity index (χ3n) is 4.19. The average molecular weight is 327 g/mol. The highest BCUT2D eigenvalue weighted by atomic mass is 16.9. The molecule has 1 heterocycles. The Kier molecular flexibility index (Phi) is 4.82. The van der Waals surface area contributed by atoms with Crippen molar-refractivity contribution in [1.29, 1.82) is 0 Å². The molecule has 0 bridgehead atoms. The minimum atomic E-state index is -0.856. The summed E-state index contributed by atoms with van der Waals surface area (Å²) in [6.45, 7) is 1.01. The molecule has 1 amide bonds. The number of carbonyl (C=O) groups excluding carboxylic acids is 1. The topological polar surface area (TPSA) is 104 Å². The van der Waals surface area contributed by atoms with Crippen LogP contribution in [0.2, 0.25) is 0 Å². The highest BCUT2D eigenvalue weighted by molar-refractivity contribution is 5.92. The molecule has 0 spiro atoms. The summed E-state index contributed by atoms with van der Waals surface area (Å²) in [6, 6.07) is 0.467. The van der Waals surface area contributed by atoms with Gasteiger partial charge in [0.05, 0.1) is 25.8 Å². The Hall–Kier alpha value is -2.06. The van der Waals surface area contributed by atoms with Gasteiger partial charge in [-0.1, -0.05) is 0 Å². The van der Waals surface area contributed by atoms with E-state index in [1.54, 1.807) is 4.90 Å². The fourth-order valence-corrected chi connectivity index (χ4v) is 2.91. The Morgan fingerprint density at radius 3 is 2.57 bits per heavy atom. The second-order valence-electron chi connectivity index (χ2n) is 6.07. The van der Waals surface area contributed by atoms with Gasteiger partial charge in [0, 0.05) is 6.42 Å². The zero-order valence-electron chi connectivity index (χ0n) is 12.9. The Labute approximate surface area is 133 Å². The molecular weight excluding hydrogens is 306 g/mol. The summed E-state index contributed by atoms with van der Waals surface area (Å²) in [5, 5.41) is 9.21. The predicted molar refractivity (Wildman–Crippen MR) is 78.2 cm³/mol. The maximum absolute atomic E-state index is 12.5. The molecule has 2 aliphatic carbocycles. The summed E-state index contributed by atoms with van der Waals surface area (Å²) in [6.07, 6.45) is 4.27. The van der Waals surface area contributed by atoms with Crippen LogP contribution < -0.4 is 0 Å². The van der Waals surface area contributed by atoms with Gasteiger partial charge in [0.2, 0.25) is 0 Å². The Morgan fingerprint density at radius 2 is 2.04 bits per heavy atom. The first-order valence-corrected chi connectivity index (χ1v) is 8.07. The normalized spacial score (nSPS) is 20.0. The van der Waals surface area contributed by atoms with Crippen molar-refractivity contribution >= 4 is 12.1 Å². The molecule has 9 nitrogen and oxygen atoms in total. The van der Waals surface area contributed by atoms with E-state index in [0.29, 0.717) is 31.0 Å². The fourth-order valence-electron chi connectivity index (χ4n) is 2.91. The second-order valence-corrected chi connectivity index (χ2v) is 6.07. The lowest BCUT2D eigenvalue weighted by Gasteiger charge is -2.30. The number of hydrogen-bond acceptors (Lipinski definition) is 7. The van der Waals surface area contributed by atoms with Gasteiger partial charge in [-0.3, -0.25) is 0 Å². The van der Waals surface area contributed by atoms with Crippen molar-refractivity contribution in [2.75, 3.05) is 26.4 Å². The number of nitrogens with zero attached hydrogens (tertiary/aromatic N) is 3. The standard InChI is InChI=1S/C14H21N3O6/c18-14(22-7-1-8-23-17(19)20)16(13-15-6-9-21-13)12(10-2-3-10)11-4-5-11/h10-12H,1-9H2. The summed E-state index contributed by atoms with van der Waals surface area (Å²) < 4.78 is 10.8. The Morgan fingerprint density at radius 1 is 1.35 bits per heavy atom. The largest absolute Gasteiger partial charge is 0.463 e. The lowest BCUT2D eigenvalue weighted by atomic mass is 10.1. The van der Waals surface area contributed by atoms with Gasteiger partial charge < -0.3 is 14.3 Å². The number of aliphatic imine (C=N–C) groups is 1. The van der Waals surface area contributed by atoms with E-state index < -0.39 is 11.2 Å². The molecule has 128 valence electrons. The third kappa shape index (κ3) is 4.23. The van der Waals surface area contributed by atoms with Gasteiger partial charge in [0.1, 0.15) is 6.61 Å². The van der Waals surface area contributed by atoms with Crippen LogP contribution in [0.4, 0.5) is 4.79 Å².